The van der Waals surface area contributed by atoms with Gasteiger partial charge in [0.25, 0.3) is 0 Å². The van der Waals surface area contributed by atoms with E-state index in [2.05, 4.69) is 125 Å². The van der Waals surface area contributed by atoms with Gasteiger partial charge in [-0.2, -0.15) is 0 Å². The Hall–Kier alpha value is -4.54. The number of ether oxygens (including phenoxy) is 4. The molecule has 104 heavy (non-hydrogen) atoms. The maximum Gasteiger partial charge on any atom is 0.472 e. The summed E-state index contributed by atoms with van der Waals surface area (Å²) in [6.07, 6.45) is 84.7. The van der Waals surface area contributed by atoms with E-state index in [1.807, 2.05) is 24.3 Å². The van der Waals surface area contributed by atoms with E-state index in [9.17, 15) is 43.2 Å². The van der Waals surface area contributed by atoms with Gasteiger partial charge in [-0.25, -0.2) is 9.13 Å². The van der Waals surface area contributed by atoms with E-state index < -0.39 is 97.5 Å². The van der Waals surface area contributed by atoms with Crippen molar-refractivity contribution in [2.45, 2.75) is 354 Å². The summed E-state index contributed by atoms with van der Waals surface area (Å²) in [6.45, 7) is 4.68. The van der Waals surface area contributed by atoms with Crippen molar-refractivity contribution in [1.82, 2.24) is 0 Å². The molecule has 0 radical (unpaired) electrons. The molecule has 0 aliphatic heterocycles. The smallest absolute Gasteiger partial charge is 0.462 e. The van der Waals surface area contributed by atoms with Gasteiger partial charge < -0.3 is 33.8 Å². The van der Waals surface area contributed by atoms with Gasteiger partial charge in [-0.1, -0.05) is 278 Å². The standard InChI is InChI=1S/C85H146O17P2/c1-5-9-13-17-21-25-29-33-37-39-43-46-50-54-58-62-66-70-83(88)96-76-81(102-85(90)72-68-64-60-56-52-48-44-40-38-34-30-26-22-18-14-10-6-2)78-100-104(93,94)98-74-79(86)73-97-103(91,92)99-77-80(101-84(89)71-67-63-59-55-51-47-42-36-32-28-24-20-16-12-8-4)75-95-82(87)69-65-61-57-53-49-45-41-35-31-27-23-19-15-11-7-3/h23-24,27-28,33-38,41-44,46,48,54,56,58,60,79-81,86H,5-22,25-26,29-32,39-40,45,47,49-53,55,57,59,61-78H2,1-4H3,(H,91,92)(H,93,94)/t79?,80-,81-/m1/s1. The largest absolute Gasteiger partial charge is 0.472 e. The fraction of sp³-hybridized carbons (Fsp3) is 0.718. The molecule has 0 fully saturated rings. The van der Waals surface area contributed by atoms with E-state index in [0.29, 0.717) is 38.5 Å². The first kappa shape index (κ1) is 99.5. The van der Waals surface area contributed by atoms with Gasteiger partial charge in [-0.05, 0) is 154 Å². The van der Waals surface area contributed by atoms with Crippen molar-refractivity contribution in [3.8, 4) is 0 Å². The van der Waals surface area contributed by atoms with E-state index in [-0.39, 0.29) is 25.7 Å². The lowest BCUT2D eigenvalue weighted by atomic mass is 10.1. The van der Waals surface area contributed by atoms with Gasteiger partial charge in [-0.3, -0.25) is 37.3 Å². The Kier molecular flexibility index (Phi) is 73.3. The van der Waals surface area contributed by atoms with Crippen molar-refractivity contribution in [1.29, 1.82) is 0 Å². The Bertz CT molecular complexity index is 2440. The molecule has 3 unspecified atom stereocenters. The molecule has 17 nitrogen and oxygen atoms in total. The number of aliphatic hydroxyl groups excluding tert-OH is 1. The number of esters is 4. The van der Waals surface area contributed by atoms with Crippen molar-refractivity contribution in [2.24, 2.45) is 0 Å². The van der Waals surface area contributed by atoms with E-state index in [4.69, 9.17) is 37.0 Å². The first-order chi connectivity index (χ1) is 50.7. The summed E-state index contributed by atoms with van der Waals surface area (Å²) >= 11 is 0. The maximum atomic E-state index is 13.1. The van der Waals surface area contributed by atoms with Gasteiger partial charge in [0.1, 0.15) is 19.3 Å². The number of phosphoric ester groups is 2. The lowest BCUT2D eigenvalue weighted by Crippen LogP contribution is -2.30. The van der Waals surface area contributed by atoms with Crippen molar-refractivity contribution >= 4 is 39.5 Å². The van der Waals surface area contributed by atoms with Crippen molar-refractivity contribution in [3.05, 3.63) is 122 Å². The lowest BCUT2D eigenvalue weighted by Gasteiger charge is -2.21. The zero-order chi connectivity index (χ0) is 76.0. The monoisotopic (exact) mass is 1500 g/mol. The van der Waals surface area contributed by atoms with Gasteiger partial charge in [0, 0.05) is 25.7 Å². The Labute approximate surface area is 632 Å². The molecule has 3 N–H and O–H groups in total. The molecule has 0 bridgehead atoms. The lowest BCUT2D eigenvalue weighted by molar-refractivity contribution is -0.161. The minimum absolute atomic E-state index is 0.0108. The van der Waals surface area contributed by atoms with Gasteiger partial charge in [0.2, 0.25) is 0 Å². The predicted octanol–water partition coefficient (Wildman–Crippen LogP) is 23.9. The van der Waals surface area contributed by atoms with Crippen LogP contribution < -0.4 is 0 Å². The Morgan fingerprint density at radius 3 is 0.788 bits per heavy atom. The zero-order valence-corrected chi connectivity index (χ0v) is 67.2. The minimum atomic E-state index is -5.01. The molecular weight excluding hydrogens is 1350 g/mol. The molecule has 5 atom stereocenters. The van der Waals surface area contributed by atoms with Crippen LogP contribution in [0.4, 0.5) is 0 Å². The summed E-state index contributed by atoms with van der Waals surface area (Å²) in [5, 5.41) is 10.6. The number of carbonyl (C=O) groups is 4. The molecule has 0 rings (SSSR count). The Balaban J connectivity index is 5.48. The summed E-state index contributed by atoms with van der Waals surface area (Å²) in [5.41, 5.74) is 0. The van der Waals surface area contributed by atoms with Crippen LogP contribution in [-0.2, 0) is 65.4 Å². The second-order valence-corrected chi connectivity index (χ2v) is 29.9. The average Bonchev–Trinajstić information content (AvgIpc) is 0.926. The fourth-order valence-electron chi connectivity index (χ4n) is 10.6. The number of hydrogen-bond acceptors (Lipinski definition) is 15. The number of unbranched alkanes of at least 4 members (excludes halogenated alkanes) is 30. The molecule has 0 heterocycles. The molecule has 0 aromatic heterocycles. The fourth-order valence-corrected chi connectivity index (χ4v) is 12.2. The Morgan fingerprint density at radius 1 is 0.269 bits per heavy atom. The highest BCUT2D eigenvalue weighted by Crippen LogP contribution is 2.45. The third kappa shape index (κ3) is 75.7. The number of carbonyl (C=O) groups excluding carboxylic acids is 4. The van der Waals surface area contributed by atoms with Gasteiger partial charge in [-0.15, -0.1) is 0 Å². The molecule has 0 spiro atoms. The van der Waals surface area contributed by atoms with E-state index >= 15 is 0 Å². The molecule has 0 amide bonds. The second kappa shape index (κ2) is 76.6. The van der Waals surface area contributed by atoms with Crippen LogP contribution in [0.15, 0.2) is 122 Å². The second-order valence-electron chi connectivity index (χ2n) is 27.0. The average molecular weight is 1500 g/mol. The van der Waals surface area contributed by atoms with Gasteiger partial charge >= 0.3 is 39.5 Å². The van der Waals surface area contributed by atoms with Crippen LogP contribution in [0.3, 0.4) is 0 Å². The van der Waals surface area contributed by atoms with Crippen molar-refractivity contribution < 1.29 is 80.2 Å². The molecule has 0 aliphatic carbocycles. The third-order valence-corrected chi connectivity index (χ3v) is 18.8. The van der Waals surface area contributed by atoms with Crippen LogP contribution in [0.25, 0.3) is 0 Å². The van der Waals surface area contributed by atoms with Crippen molar-refractivity contribution in [3.63, 3.8) is 0 Å². The van der Waals surface area contributed by atoms with Crippen LogP contribution in [0.1, 0.15) is 336 Å². The molecule has 0 saturated heterocycles. The maximum absolute atomic E-state index is 13.1. The number of rotatable bonds is 76. The normalized spacial score (nSPS) is 14.5. The van der Waals surface area contributed by atoms with Gasteiger partial charge in [0.05, 0.1) is 26.4 Å². The summed E-state index contributed by atoms with van der Waals surface area (Å²) in [6, 6.07) is 0. The molecule has 0 aromatic carbocycles. The number of hydrogen-bond donors (Lipinski definition) is 3. The SMILES string of the molecule is CCCCCC=CCC=CCCCCCCCC(=O)OC[C@H](COP(=O)(O)OCC(O)COP(=O)(O)OC[C@@H](COC(=O)CCCC=CCC=CCC=CCCCCCCCC)OC(=O)CCCC=CCC=CCC=CCCCCCCCC)OC(=O)CCCCCCCC=CCC=CCCCCC. The molecule has 598 valence electrons. The first-order valence-corrected chi connectivity index (χ1v) is 43.8. The van der Waals surface area contributed by atoms with E-state index in [1.165, 1.54) is 116 Å². The third-order valence-electron chi connectivity index (χ3n) is 16.9. The summed E-state index contributed by atoms with van der Waals surface area (Å²) in [4.78, 5) is 73.0. The quantitative estimate of drug-likeness (QED) is 0.0169. The first-order valence-electron chi connectivity index (χ1n) is 40.8. The van der Waals surface area contributed by atoms with Gasteiger partial charge in [0.15, 0.2) is 12.2 Å². The van der Waals surface area contributed by atoms with Crippen LogP contribution in [-0.4, -0.2) is 96.7 Å². The molecule has 19 heteroatoms. The summed E-state index contributed by atoms with van der Waals surface area (Å²) in [7, 11) is -10.00. The van der Waals surface area contributed by atoms with Crippen LogP contribution >= 0.6 is 15.6 Å². The van der Waals surface area contributed by atoms with E-state index in [1.54, 1.807) is 0 Å². The minimum Gasteiger partial charge on any atom is -0.462 e. The van der Waals surface area contributed by atoms with Crippen LogP contribution in [0.2, 0.25) is 0 Å². The molecular formula is C85H146O17P2. The molecule has 0 aliphatic rings. The molecule has 0 aromatic rings. The van der Waals surface area contributed by atoms with Crippen LogP contribution in [0.5, 0.6) is 0 Å². The number of aliphatic hydroxyl groups is 1. The number of allylic oxidation sites excluding steroid dienone is 20. The summed E-state index contributed by atoms with van der Waals surface area (Å²) < 4.78 is 68.5. The highest BCUT2D eigenvalue weighted by Gasteiger charge is 2.30. The predicted molar refractivity (Wildman–Crippen MR) is 427 cm³/mol. The summed E-state index contributed by atoms with van der Waals surface area (Å²) in [5.74, 6) is -2.32. The van der Waals surface area contributed by atoms with Crippen LogP contribution in [0, 0.1) is 0 Å². The zero-order valence-electron chi connectivity index (χ0n) is 65.4. The molecule has 0 saturated carbocycles. The van der Waals surface area contributed by atoms with Crippen molar-refractivity contribution in [2.75, 3.05) is 39.6 Å². The Morgan fingerprint density at radius 2 is 0.481 bits per heavy atom. The topological polar surface area (TPSA) is 237 Å². The number of phosphoric acid groups is 2. The van der Waals surface area contributed by atoms with E-state index in [0.717, 1.165) is 128 Å². The highest BCUT2D eigenvalue weighted by molar-refractivity contribution is 7.47. The highest BCUT2D eigenvalue weighted by atomic mass is 31.2.